The SMILES string of the molecule is COc1cc(-c2cc(O)c(-c3cnc(N(C4CC4)C4C[C@H]5CC[C@H](N5)C4F)cn3)cc2F)ncn1. The third kappa shape index (κ3) is 4.05. The van der Waals surface area contributed by atoms with Gasteiger partial charge in [-0.2, -0.15) is 0 Å². The minimum atomic E-state index is -0.957. The fourth-order valence-corrected chi connectivity index (χ4v) is 5.38. The van der Waals surface area contributed by atoms with Gasteiger partial charge in [-0.05, 0) is 44.2 Å². The highest BCUT2D eigenvalue weighted by Crippen LogP contribution is 2.40. The molecule has 4 heterocycles. The van der Waals surface area contributed by atoms with Crippen LogP contribution in [-0.2, 0) is 0 Å². The van der Waals surface area contributed by atoms with Crippen molar-refractivity contribution in [3.05, 3.63) is 42.7 Å². The Morgan fingerprint density at radius 3 is 2.60 bits per heavy atom. The van der Waals surface area contributed by atoms with Gasteiger partial charge in [-0.25, -0.2) is 23.7 Å². The van der Waals surface area contributed by atoms with Crippen molar-refractivity contribution in [2.45, 2.75) is 62.4 Å². The minimum Gasteiger partial charge on any atom is -0.507 e. The first-order valence-electron chi connectivity index (χ1n) is 11.9. The van der Waals surface area contributed by atoms with E-state index in [-0.39, 0.29) is 46.6 Å². The number of ether oxygens (including phenoxy) is 1. The first-order valence-corrected chi connectivity index (χ1v) is 11.9. The molecule has 3 fully saturated rings. The molecule has 4 atom stereocenters. The molecule has 2 N–H and O–H groups in total. The highest BCUT2D eigenvalue weighted by molar-refractivity contribution is 5.73. The van der Waals surface area contributed by atoms with Gasteiger partial charge in [0.1, 0.15) is 29.9 Å². The summed E-state index contributed by atoms with van der Waals surface area (Å²) in [4.78, 5) is 19.1. The Morgan fingerprint density at radius 2 is 1.86 bits per heavy atom. The number of alkyl halides is 1. The summed E-state index contributed by atoms with van der Waals surface area (Å²) in [7, 11) is 1.46. The maximum atomic E-state index is 15.3. The Kier molecular flexibility index (Phi) is 5.47. The highest BCUT2D eigenvalue weighted by Gasteiger charge is 2.48. The summed E-state index contributed by atoms with van der Waals surface area (Å²) in [5.41, 5.74) is 0.947. The summed E-state index contributed by atoms with van der Waals surface area (Å²) in [6.45, 7) is 0. The third-order valence-electron chi connectivity index (χ3n) is 7.24. The van der Waals surface area contributed by atoms with E-state index in [1.807, 2.05) is 0 Å². The standard InChI is InChI=1S/C25H26F2N6O2/c1-35-24-9-19(30-12-31-24)15-8-22(34)16(7-17(15)26)20-10-29-23(11-28-20)33(14-3-4-14)21-6-13-2-5-18(32-13)25(21)27/h7-14,18,21,25,32,34H,2-6H2,1H3/t13-,18+,21?,25?/m1/s1. The summed E-state index contributed by atoms with van der Waals surface area (Å²) in [5, 5.41) is 14.0. The predicted octanol–water partition coefficient (Wildman–Crippen LogP) is 3.65. The second-order valence-corrected chi connectivity index (χ2v) is 9.49. The molecular formula is C25H26F2N6O2. The van der Waals surface area contributed by atoms with Gasteiger partial charge < -0.3 is 20.1 Å². The number of halogens is 2. The maximum absolute atomic E-state index is 15.3. The zero-order chi connectivity index (χ0) is 24.1. The van der Waals surface area contributed by atoms with Gasteiger partial charge >= 0.3 is 0 Å². The van der Waals surface area contributed by atoms with Gasteiger partial charge in [0, 0.05) is 35.3 Å². The predicted molar refractivity (Wildman–Crippen MR) is 125 cm³/mol. The van der Waals surface area contributed by atoms with Crippen molar-refractivity contribution >= 4 is 5.82 Å². The number of phenolic OH excluding ortho intramolecular Hbond substituents is 1. The highest BCUT2D eigenvalue weighted by atomic mass is 19.1. The summed E-state index contributed by atoms with van der Waals surface area (Å²) < 4.78 is 35.4. The van der Waals surface area contributed by atoms with Crippen molar-refractivity contribution in [3.63, 3.8) is 0 Å². The maximum Gasteiger partial charge on any atom is 0.216 e. The van der Waals surface area contributed by atoms with Crippen LogP contribution in [0.2, 0.25) is 0 Å². The van der Waals surface area contributed by atoms with Crippen LogP contribution in [0, 0.1) is 5.82 Å². The quantitative estimate of drug-likeness (QED) is 0.552. The number of benzene rings is 1. The van der Waals surface area contributed by atoms with Gasteiger partial charge in [-0.15, -0.1) is 0 Å². The fourth-order valence-electron chi connectivity index (χ4n) is 5.38. The molecule has 0 amide bonds. The minimum absolute atomic E-state index is 0.0967. The van der Waals surface area contributed by atoms with Gasteiger partial charge in [0.2, 0.25) is 5.88 Å². The molecular weight excluding hydrogens is 454 g/mol. The Labute approximate surface area is 201 Å². The topological polar surface area (TPSA) is 96.3 Å². The Hall–Kier alpha value is -3.40. The molecule has 182 valence electrons. The number of rotatable bonds is 6. The van der Waals surface area contributed by atoms with Crippen LogP contribution in [0.15, 0.2) is 36.9 Å². The van der Waals surface area contributed by atoms with Crippen LogP contribution in [0.25, 0.3) is 22.5 Å². The summed E-state index contributed by atoms with van der Waals surface area (Å²) in [6.07, 6.45) is 8.07. The number of nitrogens with one attached hydrogen (secondary N) is 1. The molecule has 35 heavy (non-hydrogen) atoms. The lowest BCUT2D eigenvalue weighted by Gasteiger charge is -2.41. The van der Waals surface area contributed by atoms with Crippen molar-refractivity contribution in [1.29, 1.82) is 0 Å². The van der Waals surface area contributed by atoms with E-state index < -0.39 is 12.0 Å². The lowest BCUT2D eigenvalue weighted by atomic mass is 9.96. The van der Waals surface area contributed by atoms with Crippen molar-refractivity contribution < 1.29 is 18.6 Å². The zero-order valence-corrected chi connectivity index (χ0v) is 19.2. The van der Waals surface area contributed by atoms with Crippen LogP contribution in [-0.4, -0.2) is 62.5 Å². The van der Waals surface area contributed by atoms with Crippen LogP contribution in [0.1, 0.15) is 32.1 Å². The number of methoxy groups -OCH3 is 1. The van der Waals surface area contributed by atoms with Crippen molar-refractivity contribution in [2.24, 2.45) is 0 Å². The largest absolute Gasteiger partial charge is 0.507 e. The lowest BCUT2D eigenvalue weighted by molar-refractivity contribution is 0.171. The average Bonchev–Trinajstić information content (AvgIpc) is 3.63. The van der Waals surface area contributed by atoms with E-state index in [1.165, 1.54) is 37.8 Å². The smallest absolute Gasteiger partial charge is 0.216 e. The number of aromatic nitrogens is 4. The molecule has 3 aromatic rings. The number of hydrogen-bond donors (Lipinski definition) is 2. The van der Waals surface area contributed by atoms with Gasteiger partial charge in [0.15, 0.2) is 0 Å². The summed E-state index contributed by atoms with van der Waals surface area (Å²) >= 11 is 0. The number of fused-ring (bicyclic) bond motifs is 2. The molecule has 10 heteroatoms. The second kappa shape index (κ2) is 8.67. The van der Waals surface area contributed by atoms with Crippen molar-refractivity contribution in [2.75, 3.05) is 12.0 Å². The van der Waals surface area contributed by atoms with Crippen LogP contribution in [0.5, 0.6) is 11.6 Å². The number of piperidine rings is 1. The van der Waals surface area contributed by atoms with Crippen molar-refractivity contribution in [1.82, 2.24) is 25.3 Å². The lowest BCUT2D eigenvalue weighted by Crippen LogP contribution is -2.57. The van der Waals surface area contributed by atoms with Crippen LogP contribution >= 0.6 is 0 Å². The van der Waals surface area contributed by atoms with E-state index in [1.54, 1.807) is 6.20 Å². The van der Waals surface area contributed by atoms with E-state index in [2.05, 4.69) is 30.2 Å². The monoisotopic (exact) mass is 480 g/mol. The number of hydrogen-bond acceptors (Lipinski definition) is 8. The van der Waals surface area contributed by atoms with Gasteiger partial charge in [-0.3, -0.25) is 4.98 Å². The molecule has 2 aliphatic heterocycles. The second-order valence-electron chi connectivity index (χ2n) is 9.49. The van der Waals surface area contributed by atoms with Crippen LogP contribution in [0.3, 0.4) is 0 Å². The van der Waals surface area contributed by atoms with Crippen LogP contribution in [0.4, 0.5) is 14.6 Å². The van der Waals surface area contributed by atoms with Crippen molar-refractivity contribution in [3.8, 4) is 34.1 Å². The molecule has 2 unspecified atom stereocenters. The van der Waals surface area contributed by atoms with E-state index in [9.17, 15) is 5.11 Å². The molecule has 3 aliphatic rings. The molecule has 8 nitrogen and oxygen atoms in total. The summed E-state index contributed by atoms with van der Waals surface area (Å²) in [6, 6.07) is 4.30. The molecule has 1 saturated carbocycles. The van der Waals surface area contributed by atoms with Crippen LogP contribution < -0.4 is 15.0 Å². The number of nitrogens with zero attached hydrogens (tertiary/aromatic N) is 5. The summed E-state index contributed by atoms with van der Waals surface area (Å²) in [5.74, 6) is 0.181. The normalized spacial score (nSPS) is 25.5. The molecule has 2 bridgehead atoms. The van der Waals surface area contributed by atoms with E-state index in [4.69, 9.17) is 4.74 Å². The molecule has 2 saturated heterocycles. The van der Waals surface area contributed by atoms with Gasteiger partial charge in [0.05, 0.1) is 36.9 Å². The van der Waals surface area contributed by atoms with E-state index in [0.29, 0.717) is 17.6 Å². The molecule has 1 aromatic carbocycles. The Bertz CT molecular complexity index is 1240. The molecule has 0 spiro atoms. The first kappa shape index (κ1) is 22.1. The van der Waals surface area contributed by atoms with E-state index in [0.717, 1.165) is 32.1 Å². The zero-order valence-electron chi connectivity index (χ0n) is 19.2. The molecule has 0 radical (unpaired) electrons. The van der Waals surface area contributed by atoms with Gasteiger partial charge in [-0.1, -0.05) is 0 Å². The third-order valence-corrected chi connectivity index (χ3v) is 7.24. The fraction of sp³-hybridized carbons (Fsp3) is 0.440. The Balaban J connectivity index is 1.28. The average molecular weight is 481 g/mol. The van der Waals surface area contributed by atoms with Gasteiger partial charge in [0.25, 0.3) is 0 Å². The molecule has 6 rings (SSSR count). The van der Waals surface area contributed by atoms with E-state index >= 15 is 8.78 Å². The Morgan fingerprint density at radius 1 is 1.00 bits per heavy atom. The number of aromatic hydroxyl groups is 1. The first-order chi connectivity index (χ1) is 17.0. The number of phenols is 1. The molecule has 1 aliphatic carbocycles. The number of anilines is 1. The molecule has 2 aromatic heterocycles.